The number of halogens is 4. The van der Waals surface area contributed by atoms with Crippen LogP contribution >= 0.6 is 11.6 Å². The minimum absolute atomic E-state index is 0. The predicted octanol–water partition coefficient (Wildman–Crippen LogP) is 2.65. The van der Waals surface area contributed by atoms with Gasteiger partial charge in [0.05, 0.1) is 41.2 Å². The molecule has 1 aliphatic heterocycles. The molecular formula is C29H19ClF3N2NaO5. The van der Waals surface area contributed by atoms with Crippen molar-refractivity contribution >= 4 is 23.4 Å². The normalized spacial score (nSPS) is 14.3. The molecule has 0 N–H and O–H groups in total. The summed E-state index contributed by atoms with van der Waals surface area (Å²) < 4.78 is 49.7. The Bertz CT molecular complexity index is 1560. The Labute approximate surface area is 259 Å². The molecule has 0 fully saturated rings. The van der Waals surface area contributed by atoms with Crippen LogP contribution in [0.2, 0.25) is 5.02 Å². The van der Waals surface area contributed by atoms with Crippen molar-refractivity contribution in [2.24, 2.45) is 0 Å². The topological polar surface area (TPSA) is 101 Å². The third-order valence-corrected chi connectivity index (χ3v) is 6.64. The molecule has 0 bridgehead atoms. The molecular weight excluding hydrogens is 572 g/mol. The number of carbonyl (C=O) groups is 2. The predicted molar refractivity (Wildman–Crippen MR) is 136 cm³/mol. The molecule has 5 rings (SSSR count). The number of fused-ring (bicyclic) bond motifs is 1. The van der Waals surface area contributed by atoms with Gasteiger partial charge in [-0.05, 0) is 48.9 Å². The van der Waals surface area contributed by atoms with Gasteiger partial charge in [-0.3, -0.25) is 14.8 Å². The number of carboxylic acids is 1. The van der Waals surface area contributed by atoms with Crippen LogP contribution in [-0.4, -0.2) is 28.3 Å². The van der Waals surface area contributed by atoms with Gasteiger partial charge in [-0.25, -0.2) is 0 Å². The standard InChI is InChI=1S/C29H20ClF3N2O5.Na/c30-23-12-22-21(28(37)38)9-10-39-26(22)13-27(23)40-20-7-3-17(4-8-20)25(36)11-19-14-35-24(15-34-19)16-1-5-18(6-2-16)29(31,32)33;/h1-8,12-15,21H,9-11H2,(H,37,38);/q;+1/p-1. The molecule has 0 saturated carbocycles. The van der Waals surface area contributed by atoms with E-state index in [-0.39, 0.29) is 65.6 Å². The van der Waals surface area contributed by atoms with Crippen LogP contribution in [-0.2, 0) is 17.4 Å². The number of alkyl halides is 3. The molecule has 12 heteroatoms. The first-order valence-corrected chi connectivity index (χ1v) is 12.4. The molecule has 0 spiro atoms. The number of carboxylic acid groups (broad SMARTS) is 1. The minimum Gasteiger partial charge on any atom is -0.549 e. The number of carbonyl (C=O) groups excluding carboxylic acids is 2. The summed E-state index contributed by atoms with van der Waals surface area (Å²) >= 11 is 6.32. The molecule has 1 unspecified atom stereocenters. The molecule has 1 atom stereocenters. The van der Waals surface area contributed by atoms with E-state index in [1.165, 1.54) is 36.7 Å². The molecule has 3 aromatic carbocycles. The number of aliphatic carboxylic acids is 1. The second-order valence-electron chi connectivity index (χ2n) is 9.02. The number of ketones is 1. The van der Waals surface area contributed by atoms with Crippen LogP contribution in [0.15, 0.2) is 73.1 Å². The summed E-state index contributed by atoms with van der Waals surface area (Å²) in [5, 5.41) is 11.6. The number of benzene rings is 3. The molecule has 7 nitrogen and oxygen atoms in total. The van der Waals surface area contributed by atoms with E-state index in [1.807, 2.05) is 0 Å². The fourth-order valence-electron chi connectivity index (χ4n) is 4.24. The fourth-order valence-corrected chi connectivity index (χ4v) is 4.45. The van der Waals surface area contributed by atoms with Crippen LogP contribution < -0.4 is 44.1 Å². The van der Waals surface area contributed by atoms with Crippen molar-refractivity contribution in [1.82, 2.24) is 9.97 Å². The Morgan fingerprint density at radius 3 is 2.34 bits per heavy atom. The molecule has 204 valence electrons. The molecule has 4 aromatic rings. The van der Waals surface area contributed by atoms with E-state index in [2.05, 4.69) is 9.97 Å². The number of rotatable bonds is 7. The van der Waals surface area contributed by atoms with Crippen molar-refractivity contribution in [2.75, 3.05) is 6.61 Å². The summed E-state index contributed by atoms with van der Waals surface area (Å²) in [6, 6.07) is 13.9. The van der Waals surface area contributed by atoms with Gasteiger partial charge in [0, 0.05) is 40.8 Å². The van der Waals surface area contributed by atoms with Crippen molar-refractivity contribution in [3.05, 3.63) is 100 Å². The van der Waals surface area contributed by atoms with Crippen molar-refractivity contribution in [1.29, 1.82) is 0 Å². The van der Waals surface area contributed by atoms with Gasteiger partial charge in [-0.1, -0.05) is 23.7 Å². The van der Waals surface area contributed by atoms with E-state index in [4.69, 9.17) is 21.1 Å². The number of ether oxygens (including phenoxy) is 2. The van der Waals surface area contributed by atoms with E-state index in [0.717, 1.165) is 12.1 Å². The summed E-state index contributed by atoms with van der Waals surface area (Å²) in [5.74, 6) is -1.22. The van der Waals surface area contributed by atoms with E-state index in [0.29, 0.717) is 39.6 Å². The SMILES string of the molecule is O=C(Cc1cnc(-c2ccc(C(F)(F)F)cc2)cn1)c1ccc(Oc2cc3c(cc2Cl)C(C(=O)[O-])CCO3)cc1.[Na+]. The molecule has 1 aliphatic rings. The van der Waals surface area contributed by atoms with Gasteiger partial charge in [0.2, 0.25) is 0 Å². The van der Waals surface area contributed by atoms with E-state index < -0.39 is 23.6 Å². The van der Waals surface area contributed by atoms with Crippen LogP contribution in [0, 0.1) is 0 Å². The first-order valence-electron chi connectivity index (χ1n) is 12.1. The van der Waals surface area contributed by atoms with Gasteiger partial charge in [-0.2, -0.15) is 13.2 Å². The van der Waals surface area contributed by atoms with Crippen molar-refractivity contribution in [3.8, 4) is 28.5 Å². The van der Waals surface area contributed by atoms with Gasteiger partial charge >= 0.3 is 35.7 Å². The Balaban J connectivity index is 0.00000387. The van der Waals surface area contributed by atoms with Crippen molar-refractivity contribution < 1.29 is 66.9 Å². The zero-order valence-corrected chi connectivity index (χ0v) is 24.3. The maximum atomic E-state index is 12.8. The number of hydrogen-bond acceptors (Lipinski definition) is 7. The summed E-state index contributed by atoms with van der Waals surface area (Å²) in [5.41, 5.74) is 1.33. The minimum atomic E-state index is -4.42. The quantitative estimate of drug-likeness (QED) is 0.241. The molecule has 1 aromatic heterocycles. The van der Waals surface area contributed by atoms with Gasteiger partial charge in [-0.15, -0.1) is 0 Å². The molecule has 41 heavy (non-hydrogen) atoms. The van der Waals surface area contributed by atoms with Crippen molar-refractivity contribution in [3.63, 3.8) is 0 Å². The first kappa shape index (κ1) is 30.5. The number of aromatic nitrogens is 2. The Kier molecular flexibility index (Phi) is 9.38. The zero-order chi connectivity index (χ0) is 28.4. The van der Waals surface area contributed by atoms with E-state index in [1.54, 1.807) is 24.3 Å². The fraction of sp³-hybridized carbons (Fsp3) is 0.172. The second-order valence-corrected chi connectivity index (χ2v) is 9.43. The Morgan fingerprint density at radius 2 is 1.73 bits per heavy atom. The van der Waals surface area contributed by atoms with Crippen molar-refractivity contribution in [2.45, 2.75) is 24.9 Å². The third kappa shape index (κ3) is 7.08. The molecule has 0 amide bonds. The maximum Gasteiger partial charge on any atom is 1.00 e. The van der Waals surface area contributed by atoms with E-state index in [9.17, 15) is 27.9 Å². The average Bonchev–Trinajstić information content (AvgIpc) is 2.93. The summed E-state index contributed by atoms with van der Waals surface area (Å²) in [6.45, 7) is 0.228. The van der Waals surface area contributed by atoms with Gasteiger partial charge in [0.25, 0.3) is 0 Å². The first-order chi connectivity index (χ1) is 19.1. The van der Waals surface area contributed by atoms with Crippen LogP contribution in [0.25, 0.3) is 11.3 Å². The van der Waals surface area contributed by atoms with Gasteiger partial charge in [0.1, 0.15) is 17.2 Å². The number of hydrogen-bond donors (Lipinski definition) is 0. The monoisotopic (exact) mass is 590 g/mol. The zero-order valence-electron chi connectivity index (χ0n) is 21.6. The molecule has 0 aliphatic carbocycles. The van der Waals surface area contributed by atoms with E-state index >= 15 is 0 Å². The van der Waals surface area contributed by atoms with Crippen LogP contribution in [0.1, 0.15) is 39.5 Å². The van der Waals surface area contributed by atoms with Crippen LogP contribution in [0.3, 0.4) is 0 Å². The number of nitrogens with zero attached hydrogens (tertiary/aromatic N) is 2. The molecule has 0 radical (unpaired) electrons. The smallest absolute Gasteiger partial charge is 0.549 e. The summed E-state index contributed by atoms with van der Waals surface area (Å²) in [7, 11) is 0. The maximum absolute atomic E-state index is 12.8. The largest absolute Gasteiger partial charge is 1.00 e. The van der Waals surface area contributed by atoms with Gasteiger partial charge < -0.3 is 19.4 Å². The van der Waals surface area contributed by atoms with Gasteiger partial charge in [0.15, 0.2) is 5.78 Å². The summed E-state index contributed by atoms with van der Waals surface area (Å²) in [6.07, 6.45) is -1.35. The third-order valence-electron chi connectivity index (χ3n) is 6.35. The number of Topliss-reactive ketones (excluding diaryl/α,β-unsaturated/α-hetero) is 1. The Morgan fingerprint density at radius 1 is 1.02 bits per heavy atom. The van der Waals surface area contributed by atoms with Crippen LogP contribution in [0.5, 0.6) is 17.2 Å². The molecule has 2 heterocycles. The molecule has 0 saturated heterocycles. The second kappa shape index (κ2) is 12.6. The van der Waals surface area contributed by atoms with Crippen LogP contribution in [0.4, 0.5) is 13.2 Å². The average molecular weight is 591 g/mol. The Hall–Kier alpha value is -3.44. The summed E-state index contributed by atoms with van der Waals surface area (Å²) in [4.78, 5) is 32.6.